The molecule has 1 fully saturated rings. The SMILES string of the molecule is CCCC1(OC)CCCC[Si]1(OC)OC.P. The minimum absolute atomic E-state index is 0. The van der Waals surface area contributed by atoms with Crippen molar-refractivity contribution in [1.82, 2.24) is 0 Å². The molecule has 5 heteroatoms. The van der Waals surface area contributed by atoms with Crippen LogP contribution in [0.1, 0.15) is 39.0 Å². The molecule has 1 aliphatic rings. The first-order chi connectivity index (χ1) is 7.20. The van der Waals surface area contributed by atoms with E-state index in [2.05, 4.69) is 6.92 Å². The summed E-state index contributed by atoms with van der Waals surface area (Å²) in [5.41, 5.74) is 0. The van der Waals surface area contributed by atoms with Gasteiger partial charge in [0.05, 0.1) is 0 Å². The van der Waals surface area contributed by atoms with Gasteiger partial charge in [0.2, 0.25) is 0 Å². The minimum Gasteiger partial charge on any atom is -0.396 e. The van der Waals surface area contributed by atoms with Crippen molar-refractivity contribution in [3.8, 4) is 0 Å². The maximum atomic E-state index is 5.83. The van der Waals surface area contributed by atoms with Crippen LogP contribution in [0.2, 0.25) is 6.04 Å². The summed E-state index contributed by atoms with van der Waals surface area (Å²) in [5, 5.41) is -0.122. The van der Waals surface area contributed by atoms with E-state index >= 15 is 0 Å². The van der Waals surface area contributed by atoms with Gasteiger partial charge in [0.25, 0.3) is 0 Å². The van der Waals surface area contributed by atoms with Gasteiger partial charge in [-0.2, -0.15) is 9.90 Å². The molecule has 0 radical (unpaired) electrons. The van der Waals surface area contributed by atoms with Crippen molar-refractivity contribution in [3.05, 3.63) is 0 Å². The summed E-state index contributed by atoms with van der Waals surface area (Å²) in [6, 6.07) is 1.06. The van der Waals surface area contributed by atoms with Gasteiger partial charge in [-0.25, -0.2) is 0 Å². The van der Waals surface area contributed by atoms with Crippen LogP contribution < -0.4 is 0 Å². The first-order valence-electron chi connectivity index (χ1n) is 5.85. The van der Waals surface area contributed by atoms with Crippen molar-refractivity contribution in [1.29, 1.82) is 0 Å². The topological polar surface area (TPSA) is 27.7 Å². The summed E-state index contributed by atoms with van der Waals surface area (Å²) in [5.74, 6) is 0. The Morgan fingerprint density at radius 1 is 1.12 bits per heavy atom. The molecule has 16 heavy (non-hydrogen) atoms. The van der Waals surface area contributed by atoms with Crippen LogP contribution in [0.5, 0.6) is 0 Å². The van der Waals surface area contributed by atoms with Crippen molar-refractivity contribution >= 4 is 18.5 Å². The zero-order valence-corrected chi connectivity index (χ0v) is 13.6. The average molecular weight is 266 g/mol. The molecule has 2 atom stereocenters. The summed E-state index contributed by atoms with van der Waals surface area (Å²) in [6.07, 6.45) is 5.70. The summed E-state index contributed by atoms with van der Waals surface area (Å²) >= 11 is 0. The summed E-state index contributed by atoms with van der Waals surface area (Å²) < 4.78 is 17.4. The van der Waals surface area contributed by atoms with Crippen LogP contribution in [-0.2, 0) is 13.6 Å². The van der Waals surface area contributed by atoms with Gasteiger partial charge in [-0.1, -0.05) is 26.2 Å². The second kappa shape index (κ2) is 7.07. The quantitative estimate of drug-likeness (QED) is 0.565. The Kier molecular flexibility index (Phi) is 7.30. The number of ether oxygens (including phenoxy) is 1. The van der Waals surface area contributed by atoms with E-state index in [4.69, 9.17) is 13.6 Å². The van der Waals surface area contributed by atoms with Crippen LogP contribution in [0.15, 0.2) is 0 Å². The Balaban J connectivity index is 0.00000225. The van der Waals surface area contributed by atoms with Crippen molar-refractivity contribution in [3.63, 3.8) is 0 Å². The molecule has 0 aromatic rings. The first-order valence-corrected chi connectivity index (χ1v) is 7.88. The Hall–Kier alpha value is 0.527. The van der Waals surface area contributed by atoms with E-state index in [0.29, 0.717) is 0 Å². The van der Waals surface area contributed by atoms with Gasteiger partial charge in [-0.15, -0.1) is 0 Å². The lowest BCUT2D eigenvalue weighted by atomic mass is 10.1. The maximum Gasteiger partial charge on any atom is 0.370 e. The highest BCUT2D eigenvalue weighted by Gasteiger charge is 2.58. The second-order valence-corrected chi connectivity index (χ2v) is 8.05. The molecular formula is C11H27O3PSi. The number of rotatable bonds is 5. The van der Waals surface area contributed by atoms with Crippen molar-refractivity contribution in [2.24, 2.45) is 0 Å². The van der Waals surface area contributed by atoms with Crippen LogP contribution in [0.3, 0.4) is 0 Å². The number of hydrogen-bond acceptors (Lipinski definition) is 3. The molecule has 3 nitrogen and oxygen atoms in total. The van der Waals surface area contributed by atoms with Gasteiger partial charge in [-0.05, 0) is 18.9 Å². The summed E-state index contributed by atoms with van der Waals surface area (Å²) in [4.78, 5) is 0. The highest BCUT2D eigenvalue weighted by molar-refractivity contribution is 6.92. The summed E-state index contributed by atoms with van der Waals surface area (Å²) in [6.45, 7) is 2.19. The Labute approximate surface area is 104 Å². The number of hydrogen-bond donors (Lipinski definition) is 0. The Morgan fingerprint density at radius 3 is 2.19 bits per heavy atom. The van der Waals surface area contributed by atoms with E-state index in [1.807, 2.05) is 0 Å². The van der Waals surface area contributed by atoms with Crippen molar-refractivity contribution in [2.45, 2.75) is 50.3 Å². The van der Waals surface area contributed by atoms with E-state index in [0.717, 1.165) is 25.3 Å². The molecule has 0 aliphatic carbocycles. The van der Waals surface area contributed by atoms with Crippen molar-refractivity contribution < 1.29 is 13.6 Å². The lowest BCUT2D eigenvalue weighted by Gasteiger charge is -2.47. The normalized spacial score (nSPS) is 28.5. The van der Waals surface area contributed by atoms with Crippen LogP contribution in [0.4, 0.5) is 0 Å². The smallest absolute Gasteiger partial charge is 0.370 e. The predicted octanol–water partition coefficient (Wildman–Crippen LogP) is 2.69. The van der Waals surface area contributed by atoms with Gasteiger partial charge in [0.15, 0.2) is 0 Å². The fourth-order valence-electron chi connectivity index (χ4n) is 2.92. The minimum atomic E-state index is -2.15. The third-order valence-corrected chi connectivity index (χ3v) is 8.16. The molecule has 1 saturated heterocycles. The molecule has 1 aliphatic heterocycles. The molecule has 0 aromatic carbocycles. The Morgan fingerprint density at radius 2 is 1.75 bits per heavy atom. The van der Waals surface area contributed by atoms with Gasteiger partial charge < -0.3 is 13.6 Å². The monoisotopic (exact) mass is 266 g/mol. The lowest BCUT2D eigenvalue weighted by molar-refractivity contribution is -0.0149. The van der Waals surface area contributed by atoms with Gasteiger partial charge >= 0.3 is 8.56 Å². The van der Waals surface area contributed by atoms with Gasteiger partial charge in [0.1, 0.15) is 5.22 Å². The molecule has 98 valence electrons. The molecule has 1 heterocycles. The highest BCUT2D eigenvalue weighted by Crippen LogP contribution is 2.42. The van der Waals surface area contributed by atoms with E-state index in [1.165, 1.54) is 12.8 Å². The molecule has 0 saturated carbocycles. The zero-order chi connectivity index (χ0) is 11.4. The maximum absolute atomic E-state index is 5.83. The van der Waals surface area contributed by atoms with Gasteiger partial charge in [0, 0.05) is 21.3 Å². The van der Waals surface area contributed by atoms with Crippen LogP contribution in [-0.4, -0.2) is 35.1 Å². The van der Waals surface area contributed by atoms with Crippen LogP contribution in [0, 0.1) is 0 Å². The molecule has 0 N–H and O–H groups in total. The average Bonchev–Trinajstić information content (AvgIpc) is 2.30. The third kappa shape index (κ3) is 2.67. The van der Waals surface area contributed by atoms with E-state index in [1.54, 1.807) is 21.3 Å². The molecule has 0 bridgehead atoms. The summed E-state index contributed by atoms with van der Waals surface area (Å²) in [7, 11) is 3.22. The molecule has 2 unspecified atom stereocenters. The molecule has 0 spiro atoms. The zero-order valence-electron chi connectivity index (χ0n) is 11.2. The molecule has 0 aromatic heterocycles. The fraction of sp³-hybridized carbons (Fsp3) is 1.00. The van der Waals surface area contributed by atoms with Crippen molar-refractivity contribution in [2.75, 3.05) is 21.3 Å². The second-order valence-electron chi connectivity index (χ2n) is 4.32. The van der Waals surface area contributed by atoms with E-state index in [-0.39, 0.29) is 15.1 Å². The molecule has 1 rings (SSSR count). The van der Waals surface area contributed by atoms with Crippen LogP contribution >= 0.6 is 9.90 Å². The first kappa shape index (κ1) is 16.5. The van der Waals surface area contributed by atoms with E-state index in [9.17, 15) is 0 Å². The molecular weight excluding hydrogens is 239 g/mol. The largest absolute Gasteiger partial charge is 0.396 e. The lowest BCUT2D eigenvalue weighted by Crippen LogP contribution is -2.64. The highest BCUT2D eigenvalue weighted by atomic mass is 31.0. The van der Waals surface area contributed by atoms with Gasteiger partial charge in [-0.3, -0.25) is 0 Å². The molecule has 0 amide bonds. The Bertz CT molecular complexity index is 196. The van der Waals surface area contributed by atoms with Crippen LogP contribution in [0.25, 0.3) is 0 Å². The van der Waals surface area contributed by atoms with E-state index < -0.39 is 8.56 Å². The third-order valence-electron chi connectivity index (χ3n) is 3.73. The predicted molar refractivity (Wildman–Crippen MR) is 74.2 cm³/mol. The number of methoxy groups -OCH3 is 1. The standard InChI is InChI=1S/C11H24O3Si.H3P/c1-5-8-11(12-2)9-6-7-10-15(11,13-3)14-4;/h5-10H2,1-4H3;1H3. The fourth-order valence-corrected chi connectivity index (χ4v) is 6.91.